The average Bonchev–Trinajstić information content (AvgIpc) is 2.62. The summed E-state index contributed by atoms with van der Waals surface area (Å²) in [5.41, 5.74) is 4.12. The zero-order chi connectivity index (χ0) is 17.4. The Balaban J connectivity index is 1.87. The molecule has 1 aliphatic carbocycles. The van der Waals surface area contributed by atoms with Crippen molar-refractivity contribution in [3.63, 3.8) is 0 Å². The molecular formula is C21H20N2O2. The second-order valence-electron chi connectivity index (χ2n) is 6.53. The number of fused-ring (bicyclic) bond motifs is 2. The standard InChI is InChI=1S/C21H20N2O2/c1-13(14-7-3-5-11-18(14)24)22-21-15-8-2-4-9-16(15)23-17-10-6-12-19(25)20(17)21/h2-5,7-9,11,13,24H,6,10,12H2,1H3,(H,22,23). The van der Waals surface area contributed by atoms with Crippen molar-refractivity contribution in [3.8, 4) is 5.75 Å². The van der Waals surface area contributed by atoms with E-state index in [1.807, 2.05) is 43.3 Å². The lowest BCUT2D eigenvalue weighted by Crippen LogP contribution is -2.18. The molecule has 2 aromatic carbocycles. The molecule has 0 spiro atoms. The maximum Gasteiger partial charge on any atom is 0.166 e. The first-order chi connectivity index (χ1) is 12.1. The van der Waals surface area contributed by atoms with Crippen molar-refractivity contribution in [1.29, 1.82) is 0 Å². The predicted molar refractivity (Wildman–Crippen MR) is 99.2 cm³/mol. The van der Waals surface area contributed by atoms with E-state index >= 15 is 0 Å². The first kappa shape index (κ1) is 15.6. The molecule has 126 valence electrons. The van der Waals surface area contributed by atoms with Gasteiger partial charge in [0.05, 0.1) is 28.5 Å². The molecule has 0 saturated carbocycles. The fraction of sp³-hybridized carbons (Fsp3) is 0.238. The lowest BCUT2D eigenvalue weighted by atomic mass is 9.91. The van der Waals surface area contributed by atoms with E-state index in [-0.39, 0.29) is 17.6 Å². The molecule has 3 aromatic rings. The molecule has 25 heavy (non-hydrogen) atoms. The summed E-state index contributed by atoms with van der Waals surface area (Å²) in [6, 6.07) is 15.0. The Hall–Kier alpha value is -2.88. The van der Waals surface area contributed by atoms with Crippen molar-refractivity contribution in [2.24, 2.45) is 0 Å². The average molecular weight is 332 g/mol. The highest BCUT2D eigenvalue weighted by Crippen LogP contribution is 2.36. The second-order valence-corrected chi connectivity index (χ2v) is 6.53. The number of Topliss-reactive ketones (excluding diaryl/α,β-unsaturated/α-hetero) is 1. The first-order valence-corrected chi connectivity index (χ1v) is 8.64. The van der Waals surface area contributed by atoms with E-state index in [2.05, 4.69) is 5.32 Å². The van der Waals surface area contributed by atoms with E-state index in [1.165, 1.54) is 0 Å². The molecule has 1 unspecified atom stereocenters. The summed E-state index contributed by atoms with van der Waals surface area (Å²) < 4.78 is 0. The summed E-state index contributed by atoms with van der Waals surface area (Å²) in [7, 11) is 0. The topological polar surface area (TPSA) is 62.2 Å². The zero-order valence-electron chi connectivity index (χ0n) is 14.1. The molecule has 0 aliphatic heterocycles. The summed E-state index contributed by atoms with van der Waals surface area (Å²) in [5, 5.41) is 14.6. The van der Waals surface area contributed by atoms with Crippen LogP contribution in [0.15, 0.2) is 48.5 Å². The van der Waals surface area contributed by atoms with Crippen LogP contribution in [0.4, 0.5) is 5.69 Å². The monoisotopic (exact) mass is 332 g/mol. The number of anilines is 1. The number of hydrogen-bond acceptors (Lipinski definition) is 4. The molecule has 4 nitrogen and oxygen atoms in total. The van der Waals surface area contributed by atoms with Crippen LogP contribution in [0, 0.1) is 0 Å². The number of aromatic hydroxyl groups is 1. The van der Waals surface area contributed by atoms with Crippen molar-refractivity contribution in [2.45, 2.75) is 32.2 Å². The Morgan fingerprint density at radius 1 is 1.08 bits per heavy atom. The van der Waals surface area contributed by atoms with Gasteiger partial charge in [0.1, 0.15) is 5.75 Å². The summed E-state index contributed by atoms with van der Waals surface area (Å²) in [6.07, 6.45) is 2.24. The molecular weight excluding hydrogens is 312 g/mol. The van der Waals surface area contributed by atoms with Gasteiger partial charge in [-0.3, -0.25) is 9.78 Å². The molecule has 1 heterocycles. The van der Waals surface area contributed by atoms with Crippen molar-refractivity contribution >= 4 is 22.4 Å². The predicted octanol–water partition coefficient (Wildman–Crippen LogP) is 4.63. The minimum absolute atomic E-state index is 0.133. The maximum absolute atomic E-state index is 12.6. The number of pyridine rings is 1. The smallest absolute Gasteiger partial charge is 0.166 e. The van der Waals surface area contributed by atoms with Gasteiger partial charge in [-0.25, -0.2) is 0 Å². The molecule has 1 aromatic heterocycles. The summed E-state index contributed by atoms with van der Waals surface area (Å²) in [5.74, 6) is 0.396. The van der Waals surface area contributed by atoms with Gasteiger partial charge in [0.15, 0.2) is 5.78 Å². The molecule has 1 aliphatic rings. The van der Waals surface area contributed by atoms with Crippen molar-refractivity contribution in [3.05, 3.63) is 65.4 Å². The van der Waals surface area contributed by atoms with Crippen LogP contribution < -0.4 is 5.32 Å². The van der Waals surface area contributed by atoms with E-state index < -0.39 is 0 Å². The Kier molecular flexibility index (Phi) is 3.88. The van der Waals surface area contributed by atoms with Gasteiger partial charge in [-0.2, -0.15) is 0 Å². The third-order valence-electron chi connectivity index (χ3n) is 4.83. The van der Waals surface area contributed by atoms with Crippen molar-refractivity contribution in [2.75, 3.05) is 5.32 Å². The Morgan fingerprint density at radius 3 is 2.68 bits per heavy atom. The minimum Gasteiger partial charge on any atom is -0.508 e. The van der Waals surface area contributed by atoms with Crippen LogP contribution in [0.3, 0.4) is 0 Å². The van der Waals surface area contributed by atoms with Gasteiger partial charge in [-0.1, -0.05) is 36.4 Å². The maximum atomic E-state index is 12.6. The number of nitrogens with zero attached hydrogens (tertiary/aromatic N) is 1. The number of hydrogen-bond donors (Lipinski definition) is 2. The molecule has 0 bridgehead atoms. The number of phenols is 1. The van der Waals surface area contributed by atoms with Crippen LogP contribution in [0.25, 0.3) is 10.9 Å². The lowest BCUT2D eigenvalue weighted by Gasteiger charge is -2.24. The van der Waals surface area contributed by atoms with Crippen LogP contribution in [0.5, 0.6) is 5.75 Å². The van der Waals surface area contributed by atoms with Crippen LogP contribution in [-0.4, -0.2) is 15.9 Å². The number of para-hydroxylation sites is 2. The third-order valence-corrected chi connectivity index (χ3v) is 4.83. The molecule has 4 rings (SSSR count). The summed E-state index contributed by atoms with van der Waals surface area (Å²) >= 11 is 0. The van der Waals surface area contributed by atoms with Gasteiger partial charge in [-0.15, -0.1) is 0 Å². The quantitative estimate of drug-likeness (QED) is 0.734. The van der Waals surface area contributed by atoms with Crippen molar-refractivity contribution < 1.29 is 9.90 Å². The SMILES string of the molecule is CC(Nc1c2c(nc3ccccc13)CCCC2=O)c1ccccc1O. The zero-order valence-corrected chi connectivity index (χ0v) is 14.1. The van der Waals surface area contributed by atoms with E-state index in [9.17, 15) is 9.90 Å². The molecule has 1 atom stereocenters. The Bertz CT molecular complexity index is 965. The van der Waals surface area contributed by atoms with Gasteiger partial charge >= 0.3 is 0 Å². The van der Waals surface area contributed by atoms with E-state index in [4.69, 9.17) is 4.98 Å². The highest BCUT2D eigenvalue weighted by atomic mass is 16.3. The van der Waals surface area contributed by atoms with Gasteiger partial charge in [-0.05, 0) is 31.9 Å². The van der Waals surface area contributed by atoms with Gasteiger partial charge in [0, 0.05) is 17.4 Å². The number of aryl methyl sites for hydroxylation is 1. The molecule has 0 fully saturated rings. The number of aromatic nitrogens is 1. The minimum atomic E-state index is -0.133. The molecule has 2 N–H and O–H groups in total. The summed E-state index contributed by atoms with van der Waals surface area (Å²) in [6.45, 7) is 1.99. The molecule has 0 radical (unpaired) electrons. The Labute approximate surface area is 146 Å². The lowest BCUT2D eigenvalue weighted by molar-refractivity contribution is 0.0972. The van der Waals surface area contributed by atoms with E-state index in [1.54, 1.807) is 12.1 Å². The number of ketones is 1. The Morgan fingerprint density at radius 2 is 1.84 bits per heavy atom. The highest BCUT2D eigenvalue weighted by molar-refractivity contribution is 6.09. The van der Waals surface area contributed by atoms with Crippen LogP contribution in [-0.2, 0) is 6.42 Å². The number of nitrogens with one attached hydrogen (secondary N) is 1. The van der Waals surface area contributed by atoms with Crippen LogP contribution in [0.1, 0.15) is 47.4 Å². The number of carbonyl (C=O) groups is 1. The van der Waals surface area contributed by atoms with Gasteiger partial charge < -0.3 is 10.4 Å². The van der Waals surface area contributed by atoms with Crippen LogP contribution >= 0.6 is 0 Å². The first-order valence-electron chi connectivity index (χ1n) is 8.64. The number of rotatable bonds is 3. The van der Waals surface area contributed by atoms with Crippen molar-refractivity contribution in [1.82, 2.24) is 4.98 Å². The summed E-state index contributed by atoms with van der Waals surface area (Å²) in [4.78, 5) is 17.3. The van der Waals surface area contributed by atoms with E-state index in [0.29, 0.717) is 12.0 Å². The second kappa shape index (κ2) is 6.20. The third kappa shape index (κ3) is 2.74. The van der Waals surface area contributed by atoms with E-state index in [0.717, 1.165) is 40.7 Å². The normalized spacial score (nSPS) is 15.0. The largest absolute Gasteiger partial charge is 0.508 e. The number of phenolic OH excluding ortho intramolecular Hbond substituents is 1. The number of carbonyl (C=O) groups excluding carboxylic acids is 1. The molecule has 0 saturated heterocycles. The van der Waals surface area contributed by atoms with Gasteiger partial charge in [0.2, 0.25) is 0 Å². The van der Waals surface area contributed by atoms with Crippen LogP contribution in [0.2, 0.25) is 0 Å². The number of benzene rings is 2. The fourth-order valence-electron chi connectivity index (χ4n) is 3.58. The fourth-order valence-corrected chi connectivity index (χ4v) is 3.58. The molecule has 4 heteroatoms. The van der Waals surface area contributed by atoms with Gasteiger partial charge in [0.25, 0.3) is 0 Å². The molecule has 0 amide bonds. The highest BCUT2D eigenvalue weighted by Gasteiger charge is 2.25.